The molecule has 2 N–H and O–H groups in total. The van der Waals surface area contributed by atoms with Crippen LogP contribution in [0.1, 0.15) is 10.5 Å². The average molecular weight is 408 g/mol. The second-order valence-electron chi connectivity index (χ2n) is 5.42. The van der Waals surface area contributed by atoms with Crippen LogP contribution in [0.5, 0.6) is 0 Å². The molecule has 0 aliphatic carbocycles. The number of aromatic nitrogens is 1. The van der Waals surface area contributed by atoms with Gasteiger partial charge in [-0.1, -0.05) is 35.9 Å². The fourth-order valence-corrected chi connectivity index (χ4v) is 3.76. The van der Waals surface area contributed by atoms with Crippen molar-refractivity contribution in [3.8, 4) is 10.6 Å². The number of carbonyl (C=O) groups excluding carboxylic acids is 1. The number of hydrogen-bond acceptors (Lipinski definition) is 5. The maximum Gasteiger partial charge on any atom is 0.275 e. The first-order chi connectivity index (χ1) is 12.3. The number of anilines is 2. The van der Waals surface area contributed by atoms with Crippen LogP contribution < -0.4 is 10.0 Å². The largest absolute Gasteiger partial charge is 0.319 e. The molecule has 26 heavy (non-hydrogen) atoms. The zero-order valence-corrected chi connectivity index (χ0v) is 16.0. The highest BCUT2D eigenvalue weighted by molar-refractivity contribution is 7.92. The number of hydrogen-bond donors (Lipinski definition) is 2. The van der Waals surface area contributed by atoms with E-state index in [4.69, 9.17) is 11.6 Å². The van der Waals surface area contributed by atoms with Gasteiger partial charge in [-0.2, -0.15) is 0 Å². The Bertz CT molecular complexity index is 1060. The number of rotatable bonds is 5. The lowest BCUT2D eigenvalue weighted by Crippen LogP contribution is -2.16. The molecule has 1 aromatic heterocycles. The molecule has 1 amide bonds. The summed E-state index contributed by atoms with van der Waals surface area (Å²) in [5, 5.41) is 5.57. The molecule has 0 bridgehead atoms. The van der Waals surface area contributed by atoms with Gasteiger partial charge in [0.1, 0.15) is 10.7 Å². The lowest BCUT2D eigenvalue weighted by molar-refractivity contribution is 0.102. The summed E-state index contributed by atoms with van der Waals surface area (Å²) < 4.78 is 25.3. The van der Waals surface area contributed by atoms with Crippen LogP contribution in [0.3, 0.4) is 0 Å². The van der Waals surface area contributed by atoms with E-state index in [0.717, 1.165) is 11.8 Å². The standard InChI is InChI=1S/C17H14ClN3O3S2/c1-26(23,24)21-14-8-3-2-7-13(14)19-16(22)15-10-25-17(20-15)11-5-4-6-12(18)9-11/h2-10,21H,1H3,(H,19,22). The topological polar surface area (TPSA) is 88.2 Å². The summed E-state index contributed by atoms with van der Waals surface area (Å²) in [5.41, 5.74) is 1.69. The molecule has 0 unspecified atom stereocenters. The summed E-state index contributed by atoms with van der Waals surface area (Å²) in [6, 6.07) is 13.7. The Labute approximate surface area is 159 Å². The highest BCUT2D eigenvalue weighted by Gasteiger charge is 2.15. The number of para-hydroxylation sites is 2. The highest BCUT2D eigenvalue weighted by atomic mass is 35.5. The third-order valence-corrected chi connectivity index (χ3v) is 5.00. The second kappa shape index (κ2) is 7.45. The van der Waals surface area contributed by atoms with E-state index in [0.29, 0.717) is 15.7 Å². The Morgan fingerprint density at radius 2 is 1.85 bits per heavy atom. The number of nitrogens with zero attached hydrogens (tertiary/aromatic N) is 1. The number of halogens is 1. The SMILES string of the molecule is CS(=O)(=O)Nc1ccccc1NC(=O)c1csc(-c2cccc(Cl)c2)n1. The molecule has 0 spiro atoms. The number of benzene rings is 2. The minimum atomic E-state index is -3.46. The molecule has 0 saturated heterocycles. The van der Waals surface area contributed by atoms with Crippen LogP contribution in [0.2, 0.25) is 5.02 Å². The van der Waals surface area contributed by atoms with Crippen LogP contribution >= 0.6 is 22.9 Å². The molecule has 0 radical (unpaired) electrons. The highest BCUT2D eigenvalue weighted by Crippen LogP contribution is 2.27. The van der Waals surface area contributed by atoms with E-state index >= 15 is 0 Å². The summed E-state index contributed by atoms with van der Waals surface area (Å²) in [6.45, 7) is 0. The molecule has 0 atom stereocenters. The third-order valence-electron chi connectivity index (χ3n) is 3.28. The van der Waals surface area contributed by atoms with E-state index in [2.05, 4.69) is 15.0 Å². The van der Waals surface area contributed by atoms with E-state index in [1.165, 1.54) is 11.3 Å². The fraction of sp³-hybridized carbons (Fsp3) is 0.0588. The molecule has 0 aliphatic rings. The molecule has 3 aromatic rings. The van der Waals surface area contributed by atoms with Gasteiger partial charge in [0.05, 0.1) is 17.6 Å². The maximum atomic E-state index is 12.5. The van der Waals surface area contributed by atoms with Crippen LogP contribution in [0, 0.1) is 0 Å². The Kier molecular flexibility index (Phi) is 5.26. The minimum absolute atomic E-state index is 0.235. The van der Waals surface area contributed by atoms with Crippen LogP contribution in [0.4, 0.5) is 11.4 Å². The maximum absolute atomic E-state index is 12.5. The van der Waals surface area contributed by atoms with Crippen molar-refractivity contribution in [3.63, 3.8) is 0 Å². The number of amides is 1. The van der Waals surface area contributed by atoms with Crippen LogP contribution in [-0.4, -0.2) is 25.6 Å². The zero-order valence-electron chi connectivity index (χ0n) is 13.6. The Morgan fingerprint density at radius 3 is 2.54 bits per heavy atom. The van der Waals surface area contributed by atoms with E-state index in [1.54, 1.807) is 41.8 Å². The first-order valence-corrected chi connectivity index (χ1v) is 10.6. The van der Waals surface area contributed by atoms with E-state index < -0.39 is 15.9 Å². The molecule has 1 heterocycles. The summed E-state index contributed by atoms with van der Waals surface area (Å²) in [7, 11) is -3.46. The van der Waals surface area contributed by atoms with Gasteiger partial charge in [0.25, 0.3) is 5.91 Å². The summed E-state index contributed by atoms with van der Waals surface area (Å²) >= 11 is 7.31. The van der Waals surface area contributed by atoms with Crippen molar-refractivity contribution in [2.45, 2.75) is 0 Å². The van der Waals surface area contributed by atoms with Gasteiger partial charge in [0.2, 0.25) is 10.0 Å². The minimum Gasteiger partial charge on any atom is -0.319 e. The van der Waals surface area contributed by atoms with Crippen LogP contribution in [-0.2, 0) is 10.0 Å². The predicted octanol–water partition coefficient (Wildman–Crippen LogP) is 4.09. The predicted molar refractivity (Wildman–Crippen MR) is 105 cm³/mol. The molecule has 0 fully saturated rings. The Morgan fingerprint density at radius 1 is 1.12 bits per heavy atom. The summed E-state index contributed by atoms with van der Waals surface area (Å²) in [5.74, 6) is -0.433. The number of nitrogens with one attached hydrogen (secondary N) is 2. The molecule has 6 nitrogen and oxygen atoms in total. The van der Waals surface area contributed by atoms with E-state index in [-0.39, 0.29) is 11.4 Å². The molecule has 2 aromatic carbocycles. The molecule has 134 valence electrons. The smallest absolute Gasteiger partial charge is 0.275 e. The van der Waals surface area contributed by atoms with Crippen molar-refractivity contribution in [2.24, 2.45) is 0 Å². The molecular formula is C17H14ClN3O3S2. The quantitative estimate of drug-likeness (QED) is 0.666. The van der Waals surface area contributed by atoms with E-state index in [9.17, 15) is 13.2 Å². The van der Waals surface area contributed by atoms with Gasteiger partial charge in [-0.15, -0.1) is 11.3 Å². The second-order valence-corrected chi connectivity index (χ2v) is 8.47. The molecule has 3 rings (SSSR count). The fourth-order valence-electron chi connectivity index (χ4n) is 2.20. The van der Waals surface area contributed by atoms with Crippen molar-refractivity contribution in [1.29, 1.82) is 0 Å². The monoisotopic (exact) mass is 407 g/mol. The van der Waals surface area contributed by atoms with Gasteiger partial charge in [-0.3, -0.25) is 9.52 Å². The average Bonchev–Trinajstić information content (AvgIpc) is 3.05. The van der Waals surface area contributed by atoms with Gasteiger partial charge in [0, 0.05) is 16.0 Å². The van der Waals surface area contributed by atoms with Crippen LogP contribution in [0.25, 0.3) is 10.6 Å². The van der Waals surface area contributed by atoms with Crippen molar-refractivity contribution < 1.29 is 13.2 Å². The number of carbonyl (C=O) groups is 1. The Hall–Kier alpha value is -2.42. The van der Waals surface area contributed by atoms with Crippen molar-refractivity contribution in [3.05, 3.63) is 64.6 Å². The summed E-state index contributed by atoms with van der Waals surface area (Å²) in [4.78, 5) is 16.8. The lowest BCUT2D eigenvalue weighted by atomic mass is 10.2. The van der Waals surface area contributed by atoms with Gasteiger partial charge in [-0.25, -0.2) is 13.4 Å². The van der Waals surface area contributed by atoms with Crippen molar-refractivity contribution in [1.82, 2.24) is 4.98 Å². The lowest BCUT2D eigenvalue weighted by Gasteiger charge is -2.11. The first-order valence-electron chi connectivity index (χ1n) is 7.41. The molecule has 9 heteroatoms. The van der Waals surface area contributed by atoms with Crippen LogP contribution in [0.15, 0.2) is 53.9 Å². The van der Waals surface area contributed by atoms with Gasteiger partial charge in [-0.05, 0) is 24.3 Å². The first kappa shape index (κ1) is 18.4. The molecule has 0 aliphatic heterocycles. The van der Waals surface area contributed by atoms with Gasteiger partial charge in [0.15, 0.2) is 0 Å². The number of sulfonamides is 1. The van der Waals surface area contributed by atoms with Gasteiger partial charge >= 0.3 is 0 Å². The third kappa shape index (κ3) is 4.60. The number of thiazole rings is 1. The Balaban J connectivity index is 1.82. The zero-order chi connectivity index (χ0) is 18.7. The van der Waals surface area contributed by atoms with Crippen molar-refractivity contribution in [2.75, 3.05) is 16.3 Å². The van der Waals surface area contributed by atoms with Gasteiger partial charge < -0.3 is 5.32 Å². The van der Waals surface area contributed by atoms with E-state index in [1.807, 2.05) is 12.1 Å². The normalized spacial score (nSPS) is 11.2. The molecular weight excluding hydrogens is 394 g/mol. The summed E-state index contributed by atoms with van der Waals surface area (Å²) in [6.07, 6.45) is 1.04. The molecule has 0 saturated carbocycles. The van der Waals surface area contributed by atoms with Crippen molar-refractivity contribution >= 4 is 50.2 Å².